The lowest BCUT2D eigenvalue weighted by Crippen LogP contribution is -2.34. The number of halogens is 1. The van der Waals surface area contributed by atoms with Crippen molar-refractivity contribution in [3.63, 3.8) is 0 Å². The molecule has 1 fully saturated rings. The van der Waals surface area contributed by atoms with Gasteiger partial charge < -0.3 is 4.90 Å². The van der Waals surface area contributed by atoms with Crippen LogP contribution in [-0.4, -0.2) is 18.4 Å². The maximum absolute atomic E-state index is 11.1. The van der Waals surface area contributed by atoms with Crippen molar-refractivity contribution in [1.82, 2.24) is 0 Å². The molecule has 0 saturated carbocycles. The summed E-state index contributed by atoms with van der Waals surface area (Å²) in [7, 11) is 0. The molecular formula is C14H18ClNO. The topological polar surface area (TPSA) is 20.3 Å². The van der Waals surface area contributed by atoms with Gasteiger partial charge in [-0.05, 0) is 44.4 Å². The van der Waals surface area contributed by atoms with E-state index in [1.54, 1.807) is 6.07 Å². The van der Waals surface area contributed by atoms with Gasteiger partial charge in [0.25, 0.3) is 0 Å². The number of carbonyl (C=O) groups is 1. The SMILES string of the molecule is CCC1CCC(C)N1c1cc(Cl)ccc1C=O. The Morgan fingerprint density at radius 1 is 1.47 bits per heavy atom. The minimum Gasteiger partial charge on any atom is -0.365 e. The van der Waals surface area contributed by atoms with Gasteiger partial charge in [0.2, 0.25) is 0 Å². The molecule has 2 rings (SSSR count). The van der Waals surface area contributed by atoms with Crippen molar-refractivity contribution in [2.75, 3.05) is 4.90 Å². The molecule has 2 atom stereocenters. The fourth-order valence-electron chi connectivity index (χ4n) is 2.75. The van der Waals surface area contributed by atoms with Crippen molar-refractivity contribution in [3.05, 3.63) is 28.8 Å². The number of hydrogen-bond donors (Lipinski definition) is 0. The summed E-state index contributed by atoms with van der Waals surface area (Å²) in [5, 5.41) is 0.694. The maximum atomic E-state index is 11.1. The van der Waals surface area contributed by atoms with Gasteiger partial charge in [0.1, 0.15) is 0 Å². The molecule has 0 spiro atoms. The number of hydrogen-bond acceptors (Lipinski definition) is 2. The largest absolute Gasteiger partial charge is 0.365 e. The number of rotatable bonds is 3. The summed E-state index contributed by atoms with van der Waals surface area (Å²) in [6.45, 7) is 4.41. The first-order valence-corrected chi connectivity index (χ1v) is 6.58. The van der Waals surface area contributed by atoms with Gasteiger partial charge in [-0.2, -0.15) is 0 Å². The molecule has 0 aromatic heterocycles. The van der Waals surface area contributed by atoms with Crippen molar-refractivity contribution in [2.45, 2.75) is 45.2 Å². The lowest BCUT2D eigenvalue weighted by atomic mass is 10.1. The molecule has 2 unspecified atom stereocenters. The number of benzene rings is 1. The van der Waals surface area contributed by atoms with Crippen molar-refractivity contribution < 1.29 is 4.79 Å². The molecule has 1 aliphatic heterocycles. The zero-order valence-corrected chi connectivity index (χ0v) is 11.1. The van der Waals surface area contributed by atoms with Crippen LogP contribution in [0.5, 0.6) is 0 Å². The Balaban J connectivity index is 2.43. The lowest BCUT2D eigenvalue weighted by molar-refractivity contribution is 0.112. The van der Waals surface area contributed by atoms with E-state index >= 15 is 0 Å². The zero-order valence-electron chi connectivity index (χ0n) is 10.3. The number of aldehydes is 1. The Kier molecular flexibility index (Phi) is 3.72. The predicted molar refractivity (Wildman–Crippen MR) is 72.1 cm³/mol. The van der Waals surface area contributed by atoms with Crippen molar-refractivity contribution >= 4 is 23.6 Å². The summed E-state index contributed by atoms with van der Waals surface area (Å²) in [5.41, 5.74) is 1.73. The highest BCUT2D eigenvalue weighted by atomic mass is 35.5. The van der Waals surface area contributed by atoms with Crippen LogP contribution in [0.3, 0.4) is 0 Å². The number of carbonyl (C=O) groups excluding carboxylic acids is 1. The molecule has 1 saturated heterocycles. The Morgan fingerprint density at radius 3 is 2.88 bits per heavy atom. The smallest absolute Gasteiger partial charge is 0.152 e. The summed E-state index contributed by atoms with van der Waals surface area (Å²) < 4.78 is 0. The average Bonchev–Trinajstić information content (AvgIpc) is 2.70. The van der Waals surface area contributed by atoms with Gasteiger partial charge in [0.05, 0.1) is 0 Å². The first-order valence-electron chi connectivity index (χ1n) is 6.20. The van der Waals surface area contributed by atoms with Gasteiger partial charge in [0, 0.05) is 28.4 Å². The predicted octanol–water partition coefficient (Wildman–Crippen LogP) is 3.92. The average molecular weight is 252 g/mol. The Morgan fingerprint density at radius 2 is 2.24 bits per heavy atom. The highest BCUT2D eigenvalue weighted by Crippen LogP contribution is 2.35. The minimum absolute atomic E-state index is 0.483. The third kappa shape index (κ3) is 2.32. The van der Waals surface area contributed by atoms with Crippen molar-refractivity contribution in [1.29, 1.82) is 0 Å². The standard InChI is InChI=1S/C14H18ClNO/c1-3-13-7-4-10(2)16(13)14-8-12(15)6-5-11(14)9-17/h5-6,8-10,13H,3-4,7H2,1-2H3. The molecular weight excluding hydrogens is 234 g/mol. The molecule has 3 heteroatoms. The molecule has 92 valence electrons. The van der Waals surface area contributed by atoms with Gasteiger partial charge in [-0.1, -0.05) is 18.5 Å². The molecule has 0 radical (unpaired) electrons. The quantitative estimate of drug-likeness (QED) is 0.759. The van der Waals surface area contributed by atoms with Gasteiger partial charge in [-0.3, -0.25) is 4.79 Å². The normalized spacial score (nSPS) is 24.1. The van der Waals surface area contributed by atoms with Crippen LogP contribution in [0, 0.1) is 0 Å². The third-order valence-electron chi connectivity index (χ3n) is 3.65. The lowest BCUT2D eigenvalue weighted by Gasteiger charge is -2.31. The zero-order chi connectivity index (χ0) is 12.4. The van der Waals surface area contributed by atoms with Gasteiger partial charge in [0.15, 0.2) is 6.29 Å². The van der Waals surface area contributed by atoms with Gasteiger partial charge >= 0.3 is 0 Å². The van der Waals surface area contributed by atoms with E-state index in [9.17, 15) is 4.79 Å². The fraction of sp³-hybridized carbons (Fsp3) is 0.500. The summed E-state index contributed by atoms with van der Waals surface area (Å²) in [4.78, 5) is 13.5. The first kappa shape index (κ1) is 12.4. The Hall–Kier alpha value is -1.02. The second kappa shape index (κ2) is 5.09. The van der Waals surface area contributed by atoms with E-state index in [1.807, 2.05) is 12.1 Å². The summed E-state index contributed by atoms with van der Waals surface area (Å²) in [5.74, 6) is 0. The third-order valence-corrected chi connectivity index (χ3v) is 3.89. The Labute approximate surface area is 108 Å². The van der Waals surface area contributed by atoms with Gasteiger partial charge in [-0.25, -0.2) is 0 Å². The van der Waals surface area contributed by atoms with Crippen LogP contribution in [0.2, 0.25) is 5.02 Å². The van der Waals surface area contributed by atoms with E-state index in [1.165, 1.54) is 12.8 Å². The van der Waals surface area contributed by atoms with Crippen LogP contribution in [0.4, 0.5) is 5.69 Å². The first-order chi connectivity index (χ1) is 8.17. The molecule has 2 nitrogen and oxygen atoms in total. The second-order valence-corrected chi connectivity index (χ2v) is 5.15. The van der Waals surface area contributed by atoms with Crippen LogP contribution < -0.4 is 4.90 Å². The summed E-state index contributed by atoms with van der Waals surface area (Å²) >= 11 is 6.05. The van der Waals surface area contributed by atoms with Crippen LogP contribution >= 0.6 is 11.6 Å². The van der Waals surface area contributed by atoms with E-state index in [2.05, 4.69) is 18.7 Å². The van der Waals surface area contributed by atoms with E-state index in [4.69, 9.17) is 11.6 Å². The van der Waals surface area contributed by atoms with E-state index in [0.717, 1.165) is 24.0 Å². The van der Waals surface area contributed by atoms with E-state index < -0.39 is 0 Å². The number of anilines is 1. The number of nitrogens with zero attached hydrogens (tertiary/aromatic N) is 1. The maximum Gasteiger partial charge on any atom is 0.152 e. The molecule has 1 aromatic carbocycles. The molecule has 1 heterocycles. The summed E-state index contributed by atoms with van der Waals surface area (Å²) in [6.07, 6.45) is 4.41. The van der Waals surface area contributed by atoms with E-state index in [0.29, 0.717) is 17.1 Å². The second-order valence-electron chi connectivity index (χ2n) is 4.72. The Bertz CT molecular complexity index is 419. The molecule has 0 aliphatic carbocycles. The van der Waals surface area contributed by atoms with Crippen molar-refractivity contribution in [3.8, 4) is 0 Å². The fourth-order valence-corrected chi connectivity index (χ4v) is 2.91. The summed E-state index contributed by atoms with van der Waals surface area (Å²) in [6, 6.07) is 6.51. The molecule has 1 aliphatic rings. The van der Waals surface area contributed by atoms with Crippen LogP contribution in [-0.2, 0) is 0 Å². The van der Waals surface area contributed by atoms with Crippen molar-refractivity contribution in [2.24, 2.45) is 0 Å². The van der Waals surface area contributed by atoms with Crippen LogP contribution in [0.25, 0.3) is 0 Å². The monoisotopic (exact) mass is 251 g/mol. The highest BCUT2D eigenvalue weighted by Gasteiger charge is 2.30. The molecule has 0 amide bonds. The van der Waals surface area contributed by atoms with Crippen LogP contribution in [0.1, 0.15) is 43.5 Å². The highest BCUT2D eigenvalue weighted by molar-refractivity contribution is 6.31. The molecule has 0 bridgehead atoms. The van der Waals surface area contributed by atoms with Crippen LogP contribution in [0.15, 0.2) is 18.2 Å². The molecule has 0 N–H and O–H groups in total. The molecule has 1 aromatic rings. The van der Waals surface area contributed by atoms with Gasteiger partial charge in [-0.15, -0.1) is 0 Å². The van der Waals surface area contributed by atoms with E-state index in [-0.39, 0.29) is 0 Å². The molecule has 17 heavy (non-hydrogen) atoms. The minimum atomic E-state index is 0.483.